The van der Waals surface area contributed by atoms with Crippen LogP contribution in [-0.2, 0) is 11.2 Å². The van der Waals surface area contributed by atoms with Gasteiger partial charge in [-0.15, -0.1) is 0 Å². The predicted molar refractivity (Wildman–Crippen MR) is 75.1 cm³/mol. The molecule has 0 spiro atoms. The Morgan fingerprint density at radius 2 is 2.35 bits per heavy atom. The van der Waals surface area contributed by atoms with Crippen LogP contribution in [0.15, 0.2) is 18.2 Å². The fourth-order valence-electron chi connectivity index (χ4n) is 2.67. The summed E-state index contributed by atoms with van der Waals surface area (Å²) in [5.74, 6) is -0.0598. The molecule has 0 aromatic heterocycles. The lowest BCUT2D eigenvalue weighted by molar-refractivity contribution is -0.131. The number of nitrogens with zero attached hydrogens (tertiary/aromatic N) is 1. The summed E-state index contributed by atoms with van der Waals surface area (Å²) < 4.78 is 18.4. The zero-order valence-corrected chi connectivity index (χ0v) is 11.8. The van der Waals surface area contributed by atoms with E-state index in [0.717, 1.165) is 24.9 Å². The van der Waals surface area contributed by atoms with Crippen LogP contribution in [0.3, 0.4) is 0 Å². The van der Waals surface area contributed by atoms with Gasteiger partial charge < -0.3 is 15.4 Å². The summed E-state index contributed by atoms with van der Waals surface area (Å²) in [5, 5.41) is 0. The molecule has 5 heteroatoms. The van der Waals surface area contributed by atoms with E-state index in [-0.39, 0.29) is 17.7 Å². The second-order valence-corrected chi connectivity index (χ2v) is 5.09. The molecule has 0 saturated carbocycles. The highest BCUT2D eigenvalue weighted by atomic mass is 19.1. The molecule has 20 heavy (non-hydrogen) atoms. The molecule has 0 bridgehead atoms. The number of likely N-dealkylation sites (tertiary alicyclic amines) is 1. The molecule has 110 valence electrons. The molecule has 2 N–H and O–H groups in total. The lowest BCUT2D eigenvalue weighted by atomic mass is 10.1. The number of halogens is 1. The monoisotopic (exact) mass is 280 g/mol. The molecule has 1 aromatic rings. The maximum absolute atomic E-state index is 13.6. The minimum Gasteiger partial charge on any atom is -0.494 e. The summed E-state index contributed by atoms with van der Waals surface area (Å²) in [4.78, 5) is 14.0. The molecular formula is C15H21FN2O2. The molecule has 0 radical (unpaired) electrons. The maximum Gasteiger partial charge on any atom is 0.223 e. The average molecular weight is 280 g/mol. The van der Waals surface area contributed by atoms with Gasteiger partial charge in [0.15, 0.2) is 11.6 Å². The van der Waals surface area contributed by atoms with Gasteiger partial charge in [-0.1, -0.05) is 6.07 Å². The molecule has 1 atom stereocenters. The zero-order valence-electron chi connectivity index (χ0n) is 11.8. The van der Waals surface area contributed by atoms with Crippen LogP contribution in [0.25, 0.3) is 0 Å². The van der Waals surface area contributed by atoms with E-state index in [1.54, 1.807) is 12.1 Å². The molecule has 2 rings (SSSR count). The van der Waals surface area contributed by atoms with Crippen molar-refractivity contribution < 1.29 is 13.9 Å². The number of methoxy groups -OCH3 is 1. The molecule has 1 unspecified atom stereocenters. The lowest BCUT2D eigenvalue weighted by Gasteiger charge is -2.23. The van der Waals surface area contributed by atoms with Gasteiger partial charge in [-0.05, 0) is 37.0 Å². The van der Waals surface area contributed by atoms with Crippen molar-refractivity contribution in [2.45, 2.75) is 31.7 Å². The first kappa shape index (κ1) is 14.8. The van der Waals surface area contributed by atoms with Crippen molar-refractivity contribution in [3.05, 3.63) is 29.6 Å². The highest BCUT2D eigenvalue weighted by Crippen LogP contribution is 2.20. The lowest BCUT2D eigenvalue weighted by Crippen LogP contribution is -2.39. The molecule has 1 heterocycles. The Bertz CT molecular complexity index is 479. The van der Waals surface area contributed by atoms with Gasteiger partial charge in [0.1, 0.15) is 0 Å². The van der Waals surface area contributed by atoms with E-state index in [2.05, 4.69) is 0 Å². The second kappa shape index (κ2) is 6.70. The SMILES string of the molecule is COc1ccc(CCC(=O)N2CCCC2CN)cc1F. The van der Waals surface area contributed by atoms with Gasteiger partial charge in [0.2, 0.25) is 5.91 Å². The summed E-state index contributed by atoms with van der Waals surface area (Å²) in [5.41, 5.74) is 6.47. The topological polar surface area (TPSA) is 55.6 Å². The molecule has 4 nitrogen and oxygen atoms in total. The van der Waals surface area contributed by atoms with E-state index >= 15 is 0 Å². The number of carbonyl (C=O) groups is 1. The molecule has 1 aromatic carbocycles. The number of ether oxygens (including phenoxy) is 1. The smallest absolute Gasteiger partial charge is 0.223 e. The predicted octanol–water partition coefficient (Wildman–Crippen LogP) is 1.72. The highest BCUT2D eigenvalue weighted by molar-refractivity contribution is 5.77. The van der Waals surface area contributed by atoms with Crippen molar-refractivity contribution in [3.8, 4) is 5.75 Å². The van der Waals surface area contributed by atoms with Gasteiger partial charge in [0.25, 0.3) is 0 Å². The van der Waals surface area contributed by atoms with Gasteiger partial charge in [0.05, 0.1) is 7.11 Å². The van der Waals surface area contributed by atoms with E-state index < -0.39 is 5.82 Å². The first-order valence-electron chi connectivity index (χ1n) is 6.97. The molecule has 1 fully saturated rings. The fourth-order valence-corrected chi connectivity index (χ4v) is 2.67. The van der Waals surface area contributed by atoms with E-state index in [1.807, 2.05) is 4.90 Å². The Balaban J connectivity index is 1.91. The molecule has 1 aliphatic rings. The van der Waals surface area contributed by atoms with Crippen molar-refractivity contribution in [2.75, 3.05) is 20.2 Å². The maximum atomic E-state index is 13.6. The number of carbonyl (C=O) groups excluding carboxylic acids is 1. The van der Waals surface area contributed by atoms with Crippen LogP contribution in [0.5, 0.6) is 5.75 Å². The summed E-state index contributed by atoms with van der Waals surface area (Å²) >= 11 is 0. The van der Waals surface area contributed by atoms with Crippen molar-refractivity contribution >= 4 is 5.91 Å². The third-order valence-corrected chi connectivity index (χ3v) is 3.81. The van der Waals surface area contributed by atoms with E-state index in [9.17, 15) is 9.18 Å². The number of nitrogens with two attached hydrogens (primary N) is 1. The Hall–Kier alpha value is -1.62. The van der Waals surface area contributed by atoms with Gasteiger partial charge in [0, 0.05) is 25.6 Å². The largest absolute Gasteiger partial charge is 0.494 e. The second-order valence-electron chi connectivity index (χ2n) is 5.09. The first-order valence-corrected chi connectivity index (χ1v) is 6.97. The quantitative estimate of drug-likeness (QED) is 0.893. The third-order valence-electron chi connectivity index (χ3n) is 3.81. The summed E-state index contributed by atoms with van der Waals surface area (Å²) in [6, 6.07) is 4.99. The number of benzene rings is 1. The van der Waals surface area contributed by atoms with E-state index in [0.29, 0.717) is 19.4 Å². The molecule has 0 aliphatic carbocycles. The van der Waals surface area contributed by atoms with E-state index in [4.69, 9.17) is 10.5 Å². The summed E-state index contributed by atoms with van der Waals surface area (Å²) in [7, 11) is 1.43. The van der Waals surface area contributed by atoms with Crippen molar-refractivity contribution in [3.63, 3.8) is 0 Å². The third kappa shape index (κ3) is 3.28. The number of aryl methyl sites for hydroxylation is 1. The Morgan fingerprint density at radius 1 is 1.55 bits per heavy atom. The molecule has 1 saturated heterocycles. The number of hydrogen-bond donors (Lipinski definition) is 1. The van der Waals surface area contributed by atoms with Crippen LogP contribution in [-0.4, -0.2) is 37.0 Å². The summed E-state index contributed by atoms with van der Waals surface area (Å²) in [6.45, 7) is 1.31. The van der Waals surface area contributed by atoms with Gasteiger partial charge >= 0.3 is 0 Å². The van der Waals surface area contributed by atoms with Crippen LogP contribution < -0.4 is 10.5 Å². The number of hydrogen-bond acceptors (Lipinski definition) is 3. The van der Waals surface area contributed by atoms with Crippen LogP contribution in [0.1, 0.15) is 24.8 Å². The minimum atomic E-state index is -0.390. The molecule has 1 aliphatic heterocycles. The summed E-state index contributed by atoms with van der Waals surface area (Å²) in [6.07, 6.45) is 2.93. The van der Waals surface area contributed by atoms with Crippen molar-refractivity contribution in [1.29, 1.82) is 0 Å². The molecular weight excluding hydrogens is 259 g/mol. The van der Waals surface area contributed by atoms with Crippen LogP contribution >= 0.6 is 0 Å². The van der Waals surface area contributed by atoms with Gasteiger partial charge in [-0.25, -0.2) is 4.39 Å². The minimum absolute atomic E-state index is 0.106. The van der Waals surface area contributed by atoms with Crippen LogP contribution in [0.2, 0.25) is 0 Å². The Labute approximate surface area is 118 Å². The van der Waals surface area contributed by atoms with Crippen LogP contribution in [0.4, 0.5) is 4.39 Å². The van der Waals surface area contributed by atoms with Gasteiger partial charge in [-0.3, -0.25) is 4.79 Å². The van der Waals surface area contributed by atoms with Gasteiger partial charge in [-0.2, -0.15) is 0 Å². The Kier molecular flexibility index (Phi) is 4.95. The zero-order chi connectivity index (χ0) is 14.5. The van der Waals surface area contributed by atoms with Crippen molar-refractivity contribution in [2.24, 2.45) is 5.73 Å². The highest BCUT2D eigenvalue weighted by Gasteiger charge is 2.26. The number of amides is 1. The first-order chi connectivity index (χ1) is 9.65. The fraction of sp³-hybridized carbons (Fsp3) is 0.533. The Morgan fingerprint density at radius 3 is 3.00 bits per heavy atom. The number of rotatable bonds is 5. The average Bonchev–Trinajstić information content (AvgIpc) is 2.93. The van der Waals surface area contributed by atoms with E-state index in [1.165, 1.54) is 13.2 Å². The normalized spacial score (nSPS) is 18.4. The standard InChI is InChI=1S/C15H21FN2O2/c1-20-14-6-4-11(9-13(14)16)5-7-15(19)18-8-2-3-12(18)10-17/h4,6,9,12H,2-3,5,7-8,10,17H2,1H3. The van der Waals surface area contributed by atoms with Crippen molar-refractivity contribution in [1.82, 2.24) is 4.90 Å². The molecule has 1 amide bonds. The van der Waals surface area contributed by atoms with Crippen LogP contribution in [0, 0.1) is 5.82 Å².